The van der Waals surface area contributed by atoms with Crippen molar-refractivity contribution in [3.63, 3.8) is 0 Å². The number of carbonyl (C=O) groups excluding carboxylic acids is 1. The number of hydrogen-bond donors (Lipinski definition) is 0. The summed E-state index contributed by atoms with van der Waals surface area (Å²) in [7, 11) is 0. The van der Waals surface area contributed by atoms with Gasteiger partial charge in [-0.2, -0.15) is 4.98 Å². The molecule has 2 rings (SSSR count). The maximum atomic E-state index is 10.3. The molecule has 2 aromatic rings. The van der Waals surface area contributed by atoms with Crippen LogP contribution < -0.4 is 24.0 Å². The van der Waals surface area contributed by atoms with Gasteiger partial charge in [0, 0.05) is 0 Å². The number of oxazole rings is 1. The monoisotopic (exact) mass is 204 g/mol. The van der Waals surface area contributed by atoms with Crippen LogP contribution in [0.25, 0.3) is 11.2 Å². The van der Waals surface area contributed by atoms with Gasteiger partial charge in [0.25, 0.3) is 0 Å². The fourth-order valence-electron chi connectivity index (χ4n) is 0.883. The molecule has 66 valence electrons. The van der Waals surface area contributed by atoms with Gasteiger partial charge in [-0.3, -0.25) is 0 Å². The molecule has 0 saturated heterocycles. The normalized spacial score (nSPS) is 9.79. The minimum absolute atomic E-state index is 0. The third-order valence-corrected chi connectivity index (χ3v) is 1.60. The molecular weight excluding hydrogens is 202 g/mol. The second kappa shape index (κ2) is 4.01. The number of carboxylic acid groups (broad SMARTS) is 1. The van der Waals surface area contributed by atoms with Gasteiger partial charge < -0.3 is 14.3 Å². The Balaban J connectivity index is 0.000000980. The van der Waals surface area contributed by atoms with Crippen molar-refractivity contribution in [2.24, 2.45) is 0 Å². The maximum Gasteiger partial charge on any atom is 1.00 e. The standard InChI is InChI=1S/C7H3ClN2O3.Li/c8-4-2-1-3-5(9-4)10-6(13-3)7(11)12;/h1-2H,(H,11,12);/q;+1/p-1. The van der Waals surface area contributed by atoms with Gasteiger partial charge in [0.15, 0.2) is 5.58 Å². The Labute approximate surface area is 95.3 Å². The molecule has 0 amide bonds. The first-order chi connectivity index (χ1) is 6.16. The Hall–Kier alpha value is -1.02. The Bertz CT molecular complexity index is 485. The number of carboxylic acids is 1. The number of hydrogen-bond acceptors (Lipinski definition) is 5. The topological polar surface area (TPSA) is 79.0 Å². The van der Waals surface area contributed by atoms with Crippen LogP contribution >= 0.6 is 11.6 Å². The summed E-state index contributed by atoms with van der Waals surface area (Å²) in [6, 6.07) is 2.97. The van der Waals surface area contributed by atoms with E-state index in [4.69, 9.17) is 16.0 Å². The summed E-state index contributed by atoms with van der Waals surface area (Å²) in [4.78, 5) is 17.6. The summed E-state index contributed by atoms with van der Waals surface area (Å²) in [5.74, 6) is -1.97. The smallest absolute Gasteiger partial charge is 0.540 e. The van der Waals surface area contributed by atoms with E-state index in [1.165, 1.54) is 12.1 Å². The molecule has 7 heteroatoms. The van der Waals surface area contributed by atoms with Crippen LogP contribution in [0.1, 0.15) is 10.7 Å². The Morgan fingerprint density at radius 2 is 2.14 bits per heavy atom. The minimum atomic E-state index is -1.48. The fourth-order valence-corrected chi connectivity index (χ4v) is 1.03. The molecule has 0 fully saturated rings. The van der Waals surface area contributed by atoms with Crippen LogP contribution in [0.5, 0.6) is 0 Å². The van der Waals surface area contributed by atoms with Crippen molar-refractivity contribution < 1.29 is 33.2 Å². The summed E-state index contributed by atoms with van der Waals surface area (Å²) in [6.07, 6.45) is 0. The zero-order valence-electron chi connectivity index (χ0n) is 7.15. The number of rotatable bonds is 1. The summed E-state index contributed by atoms with van der Waals surface area (Å²) in [5.41, 5.74) is 0.426. The molecule has 5 nitrogen and oxygen atoms in total. The quantitative estimate of drug-likeness (QED) is 0.372. The summed E-state index contributed by atoms with van der Waals surface area (Å²) in [5, 5.41) is 10.6. The average Bonchev–Trinajstić information content (AvgIpc) is 2.46. The van der Waals surface area contributed by atoms with Crippen molar-refractivity contribution in [3.8, 4) is 0 Å². The molecule has 0 radical (unpaired) electrons. The molecule has 0 aliphatic rings. The number of halogens is 1. The van der Waals surface area contributed by atoms with Crippen LogP contribution in [0.4, 0.5) is 0 Å². The third-order valence-electron chi connectivity index (χ3n) is 1.39. The van der Waals surface area contributed by atoms with E-state index >= 15 is 0 Å². The summed E-state index contributed by atoms with van der Waals surface area (Å²) in [6.45, 7) is 0. The second-order valence-corrected chi connectivity index (χ2v) is 2.65. The molecule has 0 unspecified atom stereocenters. The van der Waals surface area contributed by atoms with Crippen LogP contribution in [0.3, 0.4) is 0 Å². The first kappa shape index (κ1) is 11.1. The van der Waals surface area contributed by atoms with E-state index < -0.39 is 11.9 Å². The van der Waals surface area contributed by atoms with E-state index in [-0.39, 0.29) is 35.2 Å². The molecule has 0 saturated carbocycles. The zero-order chi connectivity index (χ0) is 9.42. The first-order valence-electron chi connectivity index (χ1n) is 3.31. The van der Waals surface area contributed by atoms with E-state index in [0.29, 0.717) is 0 Å². The fraction of sp³-hybridized carbons (Fsp3) is 0. The van der Waals surface area contributed by atoms with Crippen LogP contribution in [-0.2, 0) is 0 Å². The van der Waals surface area contributed by atoms with Gasteiger partial charge in [-0.25, -0.2) is 4.98 Å². The molecule has 2 heterocycles. The molecule has 0 N–H and O–H groups in total. The van der Waals surface area contributed by atoms with Gasteiger partial charge in [-0.05, 0) is 12.1 Å². The first-order valence-corrected chi connectivity index (χ1v) is 3.69. The Kier molecular flexibility index (Phi) is 3.16. The summed E-state index contributed by atoms with van der Waals surface area (Å²) < 4.78 is 4.79. The zero-order valence-corrected chi connectivity index (χ0v) is 7.91. The Morgan fingerprint density at radius 3 is 2.79 bits per heavy atom. The van der Waals surface area contributed by atoms with Gasteiger partial charge in [-0.15, -0.1) is 0 Å². The number of fused-ring (bicyclic) bond motifs is 1. The van der Waals surface area contributed by atoms with Crippen molar-refractivity contribution in [1.82, 2.24) is 9.97 Å². The van der Waals surface area contributed by atoms with Gasteiger partial charge in [-0.1, -0.05) is 11.6 Å². The second-order valence-electron chi connectivity index (χ2n) is 2.26. The Morgan fingerprint density at radius 1 is 1.43 bits per heavy atom. The molecule has 2 aromatic heterocycles. The molecule has 0 aliphatic heterocycles. The van der Waals surface area contributed by atoms with Crippen LogP contribution in [-0.4, -0.2) is 15.9 Å². The van der Waals surface area contributed by atoms with Crippen LogP contribution in [0.15, 0.2) is 16.5 Å². The van der Waals surface area contributed by atoms with Crippen molar-refractivity contribution in [1.29, 1.82) is 0 Å². The molecule has 0 spiro atoms. The molecule has 0 atom stereocenters. The average molecular weight is 204 g/mol. The van der Waals surface area contributed by atoms with E-state index in [2.05, 4.69) is 9.97 Å². The summed E-state index contributed by atoms with van der Waals surface area (Å²) >= 11 is 5.55. The van der Waals surface area contributed by atoms with E-state index in [9.17, 15) is 9.90 Å². The van der Waals surface area contributed by atoms with Crippen molar-refractivity contribution in [2.75, 3.05) is 0 Å². The number of nitrogens with zero attached hydrogens (tertiary/aromatic N) is 2. The van der Waals surface area contributed by atoms with Crippen LogP contribution in [0.2, 0.25) is 5.15 Å². The van der Waals surface area contributed by atoms with Crippen molar-refractivity contribution in [2.45, 2.75) is 0 Å². The predicted molar refractivity (Wildman–Crippen MR) is 41.1 cm³/mol. The van der Waals surface area contributed by atoms with Gasteiger partial charge in [0.1, 0.15) is 11.1 Å². The van der Waals surface area contributed by atoms with Crippen molar-refractivity contribution >= 4 is 28.8 Å². The molecule has 0 aromatic carbocycles. The molecule has 0 aliphatic carbocycles. The van der Waals surface area contributed by atoms with E-state index in [1.54, 1.807) is 0 Å². The van der Waals surface area contributed by atoms with Gasteiger partial charge >= 0.3 is 18.9 Å². The van der Waals surface area contributed by atoms with Gasteiger partial charge in [0.05, 0.1) is 0 Å². The predicted octanol–water partition coefficient (Wildman–Crippen LogP) is -2.76. The van der Waals surface area contributed by atoms with Crippen LogP contribution in [0, 0.1) is 0 Å². The SMILES string of the molecule is O=C([O-])c1nc2nc(Cl)ccc2o1.[Li+]. The van der Waals surface area contributed by atoms with E-state index in [0.717, 1.165) is 0 Å². The minimum Gasteiger partial charge on any atom is -0.540 e. The number of pyridine rings is 1. The van der Waals surface area contributed by atoms with Crippen molar-refractivity contribution in [3.05, 3.63) is 23.2 Å². The third kappa shape index (κ3) is 1.90. The number of aromatic nitrogens is 2. The molecular formula is C7H2ClLiN2O3. The van der Waals surface area contributed by atoms with Gasteiger partial charge in [0.2, 0.25) is 11.5 Å². The van der Waals surface area contributed by atoms with E-state index in [1.807, 2.05) is 0 Å². The largest absolute Gasteiger partial charge is 1.00 e. The number of carbonyl (C=O) groups is 1. The maximum absolute atomic E-state index is 10.3. The molecule has 14 heavy (non-hydrogen) atoms. The molecule has 0 bridgehead atoms. The number of aromatic carboxylic acids is 1.